The Balaban J connectivity index is 1.22. The molecule has 4 heterocycles. The van der Waals surface area contributed by atoms with E-state index in [-0.39, 0.29) is 5.91 Å². The normalized spacial score (nSPS) is 20.2. The number of aromatic nitrogens is 4. The number of nitrogens with zero attached hydrogens (tertiary/aromatic N) is 6. The smallest absolute Gasteiger partial charge is 0.276 e. The van der Waals surface area contributed by atoms with Crippen molar-refractivity contribution in [3.63, 3.8) is 0 Å². The third kappa shape index (κ3) is 4.42. The van der Waals surface area contributed by atoms with Crippen molar-refractivity contribution < 1.29 is 9.53 Å². The summed E-state index contributed by atoms with van der Waals surface area (Å²) < 4.78 is 9.39. The van der Waals surface area contributed by atoms with E-state index in [4.69, 9.17) is 4.74 Å². The molecule has 3 aromatic rings. The van der Waals surface area contributed by atoms with Crippen molar-refractivity contribution in [1.82, 2.24) is 29.4 Å². The largest absolute Gasteiger partial charge is 0.378 e. The van der Waals surface area contributed by atoms with Gasteiger partial charge in [-0.25, -0.2) is 0 Å². The van der Waals surface area contributed by atoms with Gasteiger partial charge >= 0.3 is 0 Å². The number of rotatable bonds is 6. The molecular formula is C24H32N6O2. The zero-order chi connectivity index (χ0) is 21.9. The molecular weight excluding hydrogens is 404 g/mol. The van der Waals surface area contributed by atoms with E-state index in [1.807, 2.05) is 4.68 Å². The number of likely N-dealkylation sites (tertiary alicyclic amines) is 1. The molecule has 1 atom stereocenters. The second-order valence-electron chi connectivity index (χ2n) is 8.96. The lowest BCUT2D eigenvalue weighted by atomic mass is 9.98. The zero-order valence-electron chi connectivity index (χ0n) is 18.8. The van der Waals surface area contributed by atoms with E-state index in [1.165, 1.54) is 35.7 Å². The molecule has 0 bridgehead atoms. The summed E-state index contributed by atoms with van der Waals surface area (Å²) >= 11 is 0. The highest BCUT2D eigenvalue weighted by molar-refractivity contribution is 5.92. The van der Waals surface area contributed by atoms with Crippen LogP contribution >= 0.6 is 0 Å². The van der Waals surface area contributed by atoms with Crippen LogP contribution in [0.25, 0.3) is 10.9 Å². The molecule has 0 spiro atoms. The van der Waals surface area contributed by atoms with Crippen LogP contribution in [0.5, 0.6) is 0 Å². The van der Waals surface area contributed by atoms with E-state index in [0.717, 1.165) is 26.1 Å². The molecule has 2 aliphatic rings. The molecule has 1 unspecified atom stereocenters. The first kappa shape index (κ1) is 21.2. The molecule has 2 saturated heterocycles. The maximum absolute atomic E-state index is 12.6. The number of ether oxygens (including phenoxy) is 1. The molecule has 0 aliphatic carbocycles. The molecule has 2 fully saturated rings. The van der Waals surface area contributed by atoms with Crippen molar-refractivity contribution in [1.29, 1.82) is 0 Å². The highest BCUT2D eigenvalue weighted by atomic mass is 16.5. The van der Waals surface area contributed by atoms with Gasteiger partial charge in [-0.15, -0.1) is 5.10 Å². The zero-order valence-corrected chi connectivity index (χ0v) is 18.8. The lowest BCUT2D eigenvalue weighted by Gasteiger charge is -2.35. The number of morpholine rings is 1. The van der Waals surface area contributed by atoms with Crippen molar-refractivity contribution in [2.45, 2.75) is 44.8 Å². The van der Waals surface area contributed by atoms with E-state index in [2.05, 4.69) is 57.3 Å². The fourth-order valence-corrected chi connectivity index (χ4v) is 5.08. The summed E-state index contributed by atoms with van der Waals surface area (Å²) in [6, 6.07) is 9.16. The van der Waals surface area contributed by atoms with E-state index >= 15 is 0 Å². The lowest BCUT2D eigenvalue weighted by molar-refractivity contribution is 0.0299. The molecule has 0 N–H and O–H groups in total. The Morgan fingerprint density at radius 3 is 2.84 bits per heavy atom. The SMILES string of the molecule is Cn1cc(CN2CCCCC2CCn2cc(C(=O)N3CCOCC3)nn2)c2ccccc21. The third-order valence-electron chi connectivity index (χ3n) is 6.85. The summed E-state index contributed by atoms with van der Waals surface area (Å²) in [7, 11) is 2.13. The summed E-state index contributed by atoms with van der Waals surface area (Å²) in [5.74, 6) is -0.0465. The maximum Gasteiger partial charge on any atom is 0.276 e. The first-order valence-electron chi connectivity index (χ1n) is 11.7. The number of amides is 1. The van der Waals surface area contributed by atoms with Gasteiger partial charge in [-0.3, -0.25) is 14.4 Å². The number of hydrogen-bond donors (Lipinski definition) is 0. The number of piperidine rings is 1. The van der Waals surface area contributed by atoms with Crippen LogP contribution in [-0.4, -0.2) is 74.2 Å². The number of carbonyl (C=O) groups excluding carboxylic acids is 1. The van der Waals surface area contributed by atoms with Crippen molar-refractivity contribution >= 4 is 16.8 Å². The van der Waals surface area contributed by atoms with Crippen LogP contribution in [0.3, 0.4) is 0 Å². The Bertz CT molecular complexity index is 1070. The highest BCUT2D eigenvalue weighted by Gasteiger charge is 2.25. The molecule has 1 amide bonds. The number of aryl methyl sites for hydroxylation is 2. The van der Waals surface area contributed by atoms with Gasteiger partial charge < -0.3 is 14.2 Å². The average Bonchev–Trinajstić information content (AvgIpc) is 3.44. The van der Waals surface area contributed by atoms with Crippen LogP contribution in [0.1, 0.15) is 41.7 Å². The fourth-order valence-electron chi connectivity index (χ4n) is 5.08. The van der Waals surface area contributed by atoms with Gasteiger partial charge in [-0.05, 0) is 37.4 Å². The molecule has 32 heavy (non-hydrogen) atoms. The fraction of sp³-hybridized carbons (Fsp3) is 0.542. The predicted octanol–water partition coefficient (Wildman–Crippen LogP) is 2.69. The second-order valence-corrected chi connectivity index (χ2v) is 8.96. The quantitative estimate of drug-likeness (QED) is 0.594. The third-order valence-corrected chi connectivity index (χ3v) is 6.85. The van der Waals surface area contributed by atoms with Crippen LogP contribution in [0.4, 0.5) is 0 Å². The van der Waals surface area contributed by atoms with Crippen LogP contribution in [0.2, 0.25) is 0 Å². The van der Waals surface area contributed by atoms with E-state index < -0.39 is 0 Å². The van der Waals surface area contributed by atoms with Crippen molar-refractivity contribution in [2.24, 2.45) is 7.05 Å². The van der Waals surface area contributed by atoms with Crippen LogP contribution in [0, 0.1) is 0 Å². The number of hydrogen-bond acceptors (Lipinski definition) is 5. The molecule has 2 aliphatic heterocycles. The number of benzene rings is 1. The topological polar surface area (TPSA) is 68.4 Å². The summed E-state index contributed by atoms with van der Waals surface area (Å²) in [5, 5.41) is 9.73. The van der Waals surface area contributed by atoms with E-state index in [9.17, 15) is 4.79 Å². The van der Waals surface area contributed by atoms with Gasteiger partial charge in [-0.1, -0.05) is 29.8 Å². The van der Waals surface area contributed by atoms with Gasteiger partial charge in [0, 0.05) is 56.4 Å². The monoisotopic (exact) mass is 436 g/mol. The number of para-hydroxylation sites is 1. The standard InChI is InChI=1S/C24H32N6O2/c1-27-16-19(21-7-2-3-8-23(21)27)17-29-10-5-4-6-20(29)9-11-30-18-22(25-26-30)24(31)28-12-14-32-15-13-28/h2-3,7-8,16,18,20H,4-6,9-15,17H2,1H3. The minimum absolute atomic E-state index is 0.0465. The van der Waals surface area contributed by atoms with E-state index in [0.29, 0.717) is 38.0 Å². The van der Waals surface area contributed by atoms with Crippen LogP contribution < -0.4 is 0 Å². The van der Waals surface area contributed by atoms with Crippen LogP contribution in [0.15, 0.2) is 36.7 Å². The van der Waals surface area contributed by atoms with E-state index in [1.54, 1.807) is 11.1 Å². The molecule has 170 valence electrons. The number of carbonyl (C=O) groups is 1. The maximum atomic E-state index is 12.6. The lowest BCUT2D eigenvalue weighted by Crippen LogP contribution is -2.40. The van der Waals surface area contributed by atoms with Gasteiger partial charge in [0.1, 0.15) is 0 Å². The molecule has 8 nitrogen and oxygen atoms in total. The molecule has 5 rings (SSSR count). The minimum Gasteiger partial charge on any atom is -0.378 e. The first-order valence-corrected chi connectivity index (χ1v) is 11.7. The second kappa shape index (κ2) is 9.42. The predicted molar refractivity (Wildman–Crippen MR) is 122 cm³/mol. The highest BCUT2D eigenvalue weighted by Crippen LogP contribution is 2.26. The molecule has 0 radical (unpaired) electrons. The van der Waals surface area contributed by atoms with Gasteiger partial charge in [0.15, 0.2) is 5.69 Å². The molecule has 0 saturated carbocycles. The van der Waals surface area contributed by atoms with Gasteiger partial charge in [0.05, 0.1) is 19.4 Å². The van der Waals surface area contributed by atoms with Gasteiger partial charge in [-0.2, -0.15) is 0 Å². The minimum atomic E-state index is -0.0465. The van der Waals surface area contributed by atoms with Crippen molar-refractivity contribution in [3.05, 3.63) is 47.9 Å². The molecule has 2 aromatic heterocycles. The van der Waals surface area contributed by atoms with Crippen LogP contribution in [-0.2, 0) is 24.9 Å². The summed E-state index contributed by atoms with van der Waals surface area (Å²) in [6.07, 6.45) is 8.82. The van der Waals surface area contributed by atoms with Gasteiger partial charge in [0.25, 0.3) is 5.91 Å². The summed E-state index contributed by atoms with van der Waals surface area (Å²) in [5.41, 5.74) is 3.12. The Kier molecular flexibility index (Phi) is 6.23. The first-order chi connectivity index (χ1) is 15.7. The molecule has 1 aromatic carbocycles. The average molecular weight is 437 g/mol. The van der Waals surface area contributed by atoms with Crippen molar-refractivity contribution in [2.75, 3.05) is 32.8 Å². The Morgan fingerprint density at radius 1 is 1.12 bits per heavy atom. The molecule has 8 heteroatoms. The summed E-state index contributed by atoms with van der Waals surface area (Å²) in [4.78, 5) is 17.1. The Labute approximate surface area is 188 Å². The summed E-state index contributed by atoms with van der Waals surface area (Å²) in [6.45, 7) is 5.31. The Hall–Kier alpha value is -2.71. The van der Waals surface area contributed by atoms with Gasteiger partial charge in [0.2, 0.25) is 0 Å². The Morgan fingerprint density at radius 2 is 1.97 bits per heavy atom. The number of fused-ring (bicyclic) bond motifs is 1. The van der Waals surface area contributed by atoms with Crippen molar-refractivity contribution in [3.8, 4) is 0 Å².